The normalized spacial score (nSPS) is 10.3. The van der Waals surface area contributed by atoms with Crippen molar-refractivity contribution in [2.75, 3.05) is 5.75 Å². The fraction of sp³-hybridized carbons (Fsp3) is 0.176. The van der Waals surface area contributed by atoms with Crippen LogP contribution in [-0.4, -0.2) is 22.6 Å². The van der Waals surface area contributed by atoms with Gasteiger partial charge in [0.15, 0.2) is 5.78 Å². The van der Waals surface area contributed by atoms with Gasteiger partial charge in [0, 0.05) is 10.5 Å². The van der Waals surface area contributed by atoms with Crippen LogP contribution in [0, 0.1) is 0 Å². The van der Waals surface area contributed by atoms with Crippen molar-refractivity contribution in [1.29, 1.82) is 0 Å². The van der Waals surface area contributed by atoms with Gasteiger partial charge in [-0.2, -0.15) is 0 Å². The van der Waals surface area contributed by atoms with Gasteiger partial charge in [0.2, 0.25) is 0 Å². The Morgan fingerprint density at radius 2 is 1.62 bits per heavy atom. The maximum Gasteiger partial charge on any atom is 0.335 e. The number of benzene rings is 2. The topological polar surface area (TPSA) is 54.4 Å². The summed E-state index contributed by atoms with van der Waals surface area (Å²) in [7, 11) is 0. The number of carbonyl (C=O) groups is 2. The largest absolute Gasteiger partial charge is 0.478 e. The Bertz CT molecular complexity index is 647. The maximum atomic E-state index is 12.1. The van der Waals surface area contributed by atoms with Gasteiger partial charge >= 0.3 is 5.97 Å². The standard InChI is InChI=1S/C17H16O3S/c1-2-12-5-3-4-6-16(12)21-11-15(18)13-7-9-14(10-8-13)17(19)20/h3-10H,2,11H2,1H3,(H,19,20). The fourth-order valence-electron chi connectivity index (χ4n) is 1.96. The van der Waals surface area contributed by atoms with E-state index in [-0.39, 0.29) is 11.3 Å². The van der Waals surface area contributed by atoms with Crippen molar-refractivity contribution in [1.82, 2.24) is 0 Å². The number of ketones is 1. The minimum absolute atomic E-state index is 0.00263. The first kappa shape index (κ1) is 15.3. The number of aromatic carboxylic acids is 1. The second-order valence-electron chi connectivity index (χ2n) is 4.56. The van der Waals surface area contributed by atoms with E-state index in [1.807, 2.05) is 18.2 Å². The zero-order chi connectivity index (χ0) is 15.2. The highest BCUT2D eigenvalue weighted by Crippen LogP contribution is 2.24. The molecule has 4 heteroatoms. The third kappa shape index (κ3) is 3.95. The molecule has 0 unspecified atom stereocenters. The highest BCUT2D eigenvalue weighted by molar-refractivity contribution is 8.00. The molecule has 0 amide bonds. The molecule has 2 aromatic rings. The van der Waals surface area contributed by atoms with Crippen LogP contribution in [0.2, 0.25) is 0 Å². The van der Waals surface area contributed by atoms with Crippen molar-refractivity contribution in [3.63, 3.8) is 0 Å². The molecular formula is C17H16O3S. The Morgan fingerprint density at radius 1 is 1.00 bits per heavy atom. The molecule has 0 aliphatic heterocycles. The number of aryl methyl sites for hydroxylation is 1. The van der Waals surface area contributed by atoms with Crippen LogP contribution < -0.4 is 0 Å². The summed E-state index contributed by atoms with van der Waals surface area (Å²) in [6.45, 7) is 2.09. The average Bonchev–Trinajstić information content (AvgIpc) is 2.52. The van der Waals surface area contributed by atoms with Crippen molar-refractivity contribution in [3.8, 4) is 0 Å². The predicted molar refractivity (Wildman–Crippen MR) is 84.3 cm³/mol. The van der Waals surface area contributed by atoms with Crippen LogP contribution in [0.4, 0.5) is 0 Å². The molecule has 2 rings (SSSR count). The second kappa shape index (κ2) is 7.09. The van der Waals surface area contributed by atoms with Crippen LogP contribution in [0.25, 0.3) is 0 Å². The molecule has 0 spiro atoms. The van der Waals surface area contributed by atoms with Crippen LogP contribution >= 0.6 is 11.8 Å². The predicted octanol–water partition coefficient (Wildman–Crippen LogP) is 3.92. The zero-order valence-electron chi connectivity index (χ0n) is 11.7. The molecule has 0 saturated carbocycles. The minimum Gasteiger partial charge on any atom is -0.478 e. The summed E-state index contributed by atoms with van der Waals surface area (Å²) in [5.41, 5.74) is 1.97. The summed E-state index contributed by atoms with van der Waals surface area (Å²) in [6.07, 6.45) is 0.935. The van der Waals surface area contributed by atoms with Crippen molar-refractivity contribution in [3.05, 3.63) is 65.2 Å². The SMILES string of the molecule is CCc1ccccc1SCC(=O)c1ccc(C(=O)O)cc1. The van der Waals surface area contributed by atoms with Crippen molar-refractivity contribution >= 4 is 23.5 Å². The minimum atomic E-state index is -0.986. The van der Waals surface area contributed by atoms with E-state index >= 15 is 0 Å². The van der Waals surface area contributed by atoms with E-state index in [4.69, 9.17) is 5.11 Å². The third-order valence-corrected chi connectivity index (χ3v) is 4.28. The van der Waals surface area contributed by atoms with Gasteiger partial charge in [-0.1, -0.05) is 37.3 Å². The first-order chi connectivity index (χ1) is 10.1. The van der Waals surface area contributed by atoms with E-state index in [0.717, 1.165) is 11.3 Å². The van der Waals surface area contributed by atoms with E-state index in [2.05, 4.69) is 13.0 Å². The second-order valence-corrected chi connectivity index (χ2v) is 5.57. The van der Waals surface area contributed by atoms with Gasteiger partial charge in [-0.05, 0) is 30.2 Å². The molecule has 0 aromatic heterocycles. The summed E-state index contributed by atoms with van der Waals surface area (Å²) in [6, 6.07) is 14.1. The van der Waals surface area contributed by atoms with Gasteiger partial charge in [0.25, 0.3) is 0 Å². The highest BCUT2D eigenvalue weighted by atomic mass is 32.2. The number of carboxylic acids is 1. The molecule has 0 saturated heterocycles. The van der Waals surface area contributed by atoms with E-state index in [9.17, 15) is 9.59 Å². The summed E-state index contributed by atoms with van der Waals surface area (Å²) in [5, 5.41) is 8.83. The number of hydrogen-bond acceptors (Lipinski definition) is 3. The van der Waals surface area contributed by atoms with Gasteiger partial charge in [0.1, 0.15) is 0 Å². The first-order valence-electron chi connectivity index (χ1n) is 6.69. The maximum absolute atomic E-state index is 12.1. The Hall–Kier alpha value is -2.07. The lowest BCUT2D eigenvalue weighted by molar-refractivity contribution is 0.0696. The van der Waals surface area contributed by atoms with Gasteiger partial charge in [-0.3, -0.25) is 4.79 Å². The lowest BCUT2D eigenvalue weighted by Gasteiger charge is -2.06. The van der Waals surface area contributed by atoms with E-state index in [0.29, 0.717) is 11.3 Å². The van der Waals surface area contributed by atoms with Gasteiger partial charge in [0.05, 0.1) is 11.3 Å². The number of rotatable bonds is 6. The van der Waals surface area contributed by atoms with Crippen LogP contribution in [-0.2, 0) is 6.42 Å². The molecule has 0 radical (unpaired) electrons. The smallest absolute Gasteiger partial charge is 0.335 e. The Kier molecular flexibility index (Phi) is 5.17. The van der Waals surface area contributed by atoms with Crippen LogP contribution in [0.5, 0.6) is 0 Å². The molecular weight excluding hydrogens is 284 g/mol. The number of carboxylic acid groups (broad SMARTS) is 1. The Morgan fingerprint density at radius 3 is 2.24 bits per heavy atom. The zero-order valence-corrected chi connectivity index (χ0v) is 12.5. The lowest BCUT2D eigenvalue weighted by atomic mass is 10.1. The van der Waals surface area contributed by atoms with Gasteiger partial charge in [-0.15, -0.1) is 11.8 Å². The number of carbonyl (C=O) groups excluding carboxylic acids is 1. The van der Waals surface area contributed by atoms with Gasteiger partial charge < -0.3 is 5.11 Å². The summed E-state index contributed by atoms with van der Waals surface area (Å²) in [5.74, 6) is -0.633. The number of thioether (sulfide) groups is 1. The van der Waals surface area contributed by atoms with Crippen LogP contribution in [0.3, 0.4) is 0 Å². The molecule has 0 bridgehead atoms. The molecule has 0 heterocycles. The summed E-state index contributed by atoms with van der Waals surface area (Å²) in [4.78, 5) is 24.0. The Labute approximate surface area is 128 Å². The van der Waals surface area contributed by atoms with E-state index in [1.165, 1.54) is 29.5 Å². The van der Waals surface area contributed by atoms with Crippen molar-refractivity contribution in [2.24, 2.45) is 0 Å². The average molecular weight is 300 g/mol. The van der Waals surface area contributed by atoms with Crippen LogP contribution in [0.15, 0.2) is 53.4 Å². The quantitative estimate of drug-likeness (QED) is 0.649. The molecule has 0 aliphatic rings. The lowest BCUT2D eigenvalue weighted by Crippen LogP contribution is -2.04. The molecule has 3 nitrogen and oxygen atoms in total. The molecule has 108 valence electrons. The summed E-state index contributed by atoms with van der Waals surface area (Å²) >= 11 is 1.52. The van der Waals surface area contributed by atoms with Gasteiger partial charge in [-0.25, -0.2) is 4.79 Å². The molecule has 0 fully saturated rings. The summed E-state index contributed by atoms with van der Waals surface area (Å²) < 4.78 is 0. The molecule has 1 N–H and O–H groups in total. The number of hydrogen-bond donors (Lipinski definition) is 1. The Balaban J connectivity index is 2.03. The monoisotopic (exact) mass is 300 g/mol. The fourth-order valence-corrected chi connectivity index (χ4v) is 2.99. The number of Topliss-reactive ketones (excluding diaryl/α,β-unsaturated/α-hetero) is 1. The third-order valence-electron chi connectivity index (χ3n) is 3.17. The highest BCUT2D eigenvalue weighted by Gasteiger charge is 2.09. The van der Waals surface area contributed by atoms with E-state index < -0.39 is 5.97 Å². The van der Waals surface area contributed by atoms with E-state index in [1.54, 1.807) is 12.1 Å². The molecule has 0 atom stereocenters. The molecule has 21 heavy (non-hydrogen) atoms. The first-order valence-corrected chi connectivity index (χ1v) is 7.67. The molecule has 2 aromatic carbocycles. The molecule has 0 aliphatic carbocycles. The van der Waals surface area contributed by atoms with Crippen molar-refractivity contribution in [2.45, 2.75) is 18.2 Å². The van der Waals surface area contributed by atoms with Crippen LogP contribution in [0.1, 0.15) is 33.2 Å². The van der Waals surface area contributed by atoms with Crippen molar-refractivity contribution < 1.29 is 14.7 Å².